The summed E-state index contributed by atoms with van der Waals surface area (Å²) in [7, 11) is 0. The third-order valence-corrected chi connectivity index (χ3v) is 4.74. The highest BCUT2D eigenvalue weighted by atomic mass is 14.9. The van der Waals surface area contributed by atoms with Crippen molar-refractivity contribution in [3.63, 3.8) is 0 Å². The minimum Gasteiger partial charge on any atom is -0.314 e. The number of rotatable bonds is 10. The highest BCUT2D eigenvalue weighted by Gasteiger charge is 2.24. The van der Waals surface area contributed by atoms with Crippen LogP contribution in [0.1, 0.15) is 85.0 Å². The maximum Gasteiger partial charge on any atom is 0.00978 e. The molecule has 1 rings (SSSR count). The molecule has 0 aromatic heterocycles. The molecule has 0 aromatic carbocycles. The first-order valence-corrected chi connectivity index (χ1v) is 8.55. The SMILES string of the molecule is CCCCC(CC)C(CC1CCCC1)NCCC. The van der Waals surface area contributed by atoms with E-state index in [2.05, 4.69) is 26.1 Å². The number of unbranched alkanes of at least 4 members (excludes halogenated alkanes) is 1. The van der Waals surface area contributed by atoms with Crippen LogP contribution in [0.3, 0.4) is 0 Å². The standard InChI is InChI=1S/C17H35N/c1-4-7-12-16(6-3)17(18-13-5-2)14-15-10-8-9-11-15/h15-18H,4-14H2,1-3H3. The zero-order valence-corrected chi connectivity index (χ0v) is 13.0. The smallest absolute Gasteiger partial charge is 0.00978 e. The summed E-state index contributed by atoms with van der Waals surface area (Å²) in [6.45, 7) is 8.19. The summed E-state index contributed by atoms with van der Waals surface area (Å²) < 4.78 is 0. The minimum absolute atomic E-state index is 0.796. The van der Waals surface area contributed by atoms with Crippen molar-refractivity contribution in [2.24, 2.45) is 11.8 Å². The Morgan fingerprint density at radius 1 is 1.06 bits per heavy atom. The van der Waals surface area contributed by atoms with E-state index >= 15 is 0 Å². The fourth-order valence-corrected chi connectivity index (χ4v) is 3.53. The monoisotopic (exact) mass is 253 g/mol. The summed E-state index contributed by atoms with van der Waals surface area (Å²) in [6.07, 6.45) is 14.2. The first-order valence-electron chi connectivity index (χ1n) is 8.55. The Hall–Kier alpha value is -0.0400. The number of hydrogen-bond acceptors (Lipinski definition) is 1. The Morgan fingerprint density at radius 2 is 1.78 bits per heavy atom. The van der Waals surface area contributed by atoms with Crippen molar-refractivity contribution in [2.75, 3.05) is 6.54 Å². The average molecular weight is 253 g/mol. The van der Waals surface area contributed by atoms with E-state index in [1.54, 1.807) is 0 Å². The van der Waals surface area contributed by atoms with Gasteiger partial charge in [0.05, 0.1) is 0 Å². The van der Waals surface area contributed by atoms with Gasteiger partial charge in [0.15, 0.2) is 0 Å². The lowest BCUT2D eigenvalue weighted by Gasteiger charge is -2.29. The maximum atomic E-state index is 3.86. The molecule has 1 saturated carbocycles. The second-order valence-corrected chi connectivity index (χ2v) is 6.26. The summed E-state index contributed by atoms with van der Waals surface area (Å²) in [6, 6.07) is 0.796. The zero-order chi connectivity index (χ0) is 13.2. The van der Waals surface area contributed by atoms with E-state index < -0.39 is 0 Å². The lowest BCUT2D eigenvalue weighted by Crippen LogP contribution is -2.38. The van der Waals surface area contributed by atoms with E-state index in [0.717, 1.165) is 17.9 Å². The van der Waals surface area contributed by atoms with Gasteiger partial charge in [0, 0.05) is 6.04 Å². The van der Waals surface area contributed by atoms with Crippen molar-refractivity contribution < 1.29 is 0 Å². The summed E-state index contributed by atoms with van der Waals surface area (Å²) >= 11 is 0. The van der Waals surface area contributed by atoms with Gasteiger partial charge < -0.3 is 5.32 Å². The largest absolute Gasteiger partial charge is 0.314 e. The van der Waals surface area contributed by atoms with Gasteiger partial charge in [-0.25, -0.2) is 0 Å². The van der Waals surface area contributed by atoms with E-state index in [4.69, 9.17) is 0 Å². The molecule has 18 heavy (non-hydrogen) atoms. The van der Waals surface area contributed by atoms with Crippen LogP contribution in [0.25, 0.3) is 0 Å². The summed E-state index contributed by atoms with van der Waals surface area (Å²) in [5.41, 5.74) is 0. The van der Waals surface area contributed by atoms with Crippen LogP contribution >= 0.6 is 0 Å². The molecule has 0 aliphatic heterocycles. The van der Waals surface area contributed by atoms with Crippen LogP contribution in [0, 0.1) is 11.8 Å². The molecule has 0 amide bonds. The molecule has 0 aromatic rings. The molecular weight excluding hydrogens is 218 g/mol. The van der Waals surface area contributed by atoms with Gasteiger partial charge in [0.25, 0.3) is 0 Å². The average Bonchev–Trinajstić information content (AvgIpc) is 2.89. The van der Waals surface area contributed by atoms with Crippen molar-refractivity contribution >= 4 is 0 Å². The Kier molecular flexibility index (Phi) is 8.75. The molecule has 2 unspecified atom stereocenters. The van der Waals surface area contributed by atoms with E-state index in [1.165, 1.54) is 70.8 Å². The predicted molar refractivity (Wildman–Crippen MR) is 82.0 cm³/mol. The van der Waals surface area contributed by atoms with Crippen LogP contribution in [0.4, 0.5) is 0 Å². The Balaban J connectivity index is 2.44. The van der Waals surface area contributed by atoms with Crippen molar-refractivity contribution in [1.29, 1.82) is 0 Å². The third kappa shape index (κ3) is 5.73. The van der Waals surface area contributed by atoms with Gasteiger partial charge in [-0.3, -0.25) is 0 Å². The van der Waals surface area contributed by atoms with Crippen molar-refractivity contribution in [1.82, 2.24) is 5.32 Å². The van der Waals surface area contributed by atoms with E-state index in [0.29, 0.717) is 0 Å². The second-order valence-electron chi connectivity index (χ2n) is 6.26. The molecule has 0 bridgehead atoms. The Labute approximate surface area is 115 Å². The summed E-state index contributed by atoms with van der Waals surface area (Å²) in [4.78, 5) is 0. The van der Waals surface area contributed by atoms with Crippen LogP contribution < -0.4 is 5.32 Å². The lowest BCUT2D eigenvalue weighted by molar-refractivity contribution is 0.268. The molecular formula is C17H35N. The van der Waals surface area contributed by atoms with Gasteiger partial charge in [0.2, 0.25) is 0 Å². The zero-order valence-electron chi connectivity index (χ0n) is 13.0. The first kappa shape index (κ1) is 16.0. The molecule has 1 nitrogen and oxygen atoms in total. The molecule has 1 aliphatic rings. The van der Waals surface area contributed by atoms with Gasteiger partial charge in [-0.2, -0.15) is 0 Å². The fourth-order valence-electron chi connectivity index (χ4n) is 3.53. The molecule has 1 heteroatoms. The number of hydrogen-bond donors (Lipinski definition) is 1. The van der Waals surface area contributed by atoms with Crippen molar-refractivity contribution in [2.45, 2.75) is 91.0 Å². The Morgan fingerprint density at radius 3 is 2.33 bits per heavy atom. The molecule has 0 saturated heterocycles. The second kappa shape index (κ2) is 9.83. The van der Waals surface area contributed by atoms with E-state index in [-0.39, 0.29) is 0 Å². The predicted octanol–water partition coefficient (Wildman–Crippen LogP) is 5.15. The van der Waals surface area contributed by atoms with Crippen molar-refractivity contribution in [3.05, 3.63) is 0 Å². The van der Waals surface area contributed by atoms with Crippen LogP contribution in [-0.4, -0.2) is 12.6 Å². The normalized spacial score (nSPS) is 20.2. The fraction of sp³-hybridized carbons (Fsp3) is 1.00. The van der Waals surface area contributed by atoms with Gasteiger partial charge in [0.1, 0.15) is 0 Å². The number of nitrogens with one attached hydrogen (secondary N) is 1. The van der Waals surface area contributed by atoms with E-state index in [1.807, 2.05) is 0 Å². The van der Waals surface area contributed by atoms with E-state index in [9.17, 15) is 0 Å². The van der Waals surface area contributed by atoms with Crippen LogP contribution in [-0.2, 0) is 0 Å². The molecule has 0 heterocycles. The topological polar surface area (TPSA) is 12.0 Å². The third-order valence-electron chi connectivity index (χ3n) is 4.74. The van der Waals surface area contributed by atoms with Gasteiger partial charge >= 0.3 is 0 Å². The summed E-state index contributed by atoms with van der Waals surface area (Å²) in [5, 5.41) is 3.86. The minimum atomic E-state index is 0.796. The molecule has 1 fully saturated rings. The van der Waals surface area contributed by atoms with Gasteiger partial charge in [-0.05, 0) is 37.6 Å². The molecule has 0 spiro atoms. The van der Waals surface area contributed by atoms with Gasteiger partial charge in [-0.1, -0.05) is 65.7 Å². The molecule has 2 atom stereocenters. The molecule has 1 aliphatic carbocycles. The van der Waals surface area contributed by atoms with Crippen LogP contribution in [0.5, 0.6) is 0 Å². The van der Waals surface area contributed by atoms with Crippen LogP contribution in [0.2, 0.25) is 0 Å². The quantitative estimate of drug-likeness (QED) is 0.567. The molecule has 0 radical (unpaired) electrons. The Bertz CT molecular complexity index is 184. The lowest BCUT2D eigenvalue weighted by atomic mass is 9.85. The van der Waals surface area contributed by atoms with Crippen molar-refractivity contribution in [3.8, 4) is 0 Å². The van der Waals surface area contributed by atoms with Gasteiger partial charge in [-0.15, -0.1) is 0 Å². The maximum absolute atomic E-state index is 3.86. The highest BCUT2D eigenvalue weighted by molar-refractivity contribution is 4.81. The molecule has 1 N–H and O–H groups in total. The summed E-state index contributed by atoms with van der Waals surface area (Å²) in [5.74, 6) is 1.94. The first-order chi connectivity index (χ1) is 8.81. The van der Waals surface area contributed by atoms with Crippen LogP contribution in [0.15, 0.2) is 0 Å². The molecule has 108 valence electrons. The highest BCUT2D eigenvalue weighted by Crippen LogP contribution is 2.31.